The first kappa shape index (κ1) is 16.3. The van der Waals surface area contributed by atoms with E-state index in [0.29, 0.717) is 30.8 Å². The second-order valence-electron chi connectivity index (χ2n) is 6.04. The molecule has 2 rings (SSSR count). The lowest BCUT2D eigenvalue weighted by Gasteiger charge is -2.41. The van der Waals surface area contributed by atoms with Crippen LogP contribution in [0.3, 0.4) is 0 Å². The van der Waals surface area contributed by atoms with E-state index in [0.717, 1.165) is 0 Å². The van der Waals surface area contributed by atoms with Crippen molar-refractivity contribution in [3.63, 3.8) is 0 Å². The number of ether oxygens (including phenoxy) is 1. The van der Waals surface area contributed by atoms with E-state index >= 15 is 0 Å². The van der Waals surface area contributed by atoms with Crippen molar-refractivity contribution in [1.29, 1.82) is 0 Å². The van der Waals surface area contributed by atoms with Gasteiger partial charge >= 0.3 is 0 Å². The lowest BCUT2D eigenvalue weighted by atomic mass is 9.84. The van der Waals surface area contributed by atoms with Crippen LogP contribution in [0, 0.1) is 5.92 Å². The van der Waals surface area contributed by atoms with E-state index in [1.54, 1.807) is 36.1 Å². The Morgan fingerprint density at radius 2 is 2.23 bits per heavy atom. The van der Waals surface area contributed by atoms with E-state index in [4.69, 9.17) is 10.5 Å². The highest BCUT2D eigenvalue weighted by Gasteiger charge is 2.36. The summed E-state index contributed by atoms with van der Waals surface area (Å²) >= 11 is 0. The second kappa shape index (κ2) is 6.36. The van der Waals surface area contributed by atoms with Crippen molar-refractivity contribution in [3.8, 4) is 5.75 Å². The Morgan fingerprint density at radius 1 is 1.50 bits per heavy atom. The smallest absolute Gasteiger partial charge is 0.255 e. The normalized spacial score (nSPS) is 24.9. The Labute approximate surface area is 129 Å². The molecule has 1 aromatic rings. The first-order valence-electron chi connectivity index (χ1n) is 7.32. The van der Waals surface area contributed by atoms with Crippen LogP contribution in [0.1, 0.15) is 30.6 Å². The number of amides is 2. The van der Waals surface area contributed by atoms with Crippen molar-refractivity contribution in [3.05, 3.63) is 29.8 Å². The predicted octanol–water partition coefficient (Wildman–Crippen LogP) is 0.784. The van der Waals surface area contributed by atoms with Crippen molar-refractivity contribution in [2.24, 2.45) is 11.7 Å². The minimum absolute atomic E-state index is 0.0134. The number of rotatable bonds is 4. The third kappa shape index (κ3) is 3.76. The summed E-state index contributed by atoms with van der Waals surface area (Å²) in [6.45, 7) is 4.55. The summed E-state index contributed by atoms with van der Waals surface area (Å²) in [6.07, 6.45) is 0.553. The van der Waals surface area contributed by atoms with Gasteiger partial charge in [-0.15, -0.1) is 0 Å². The zero-order valence-corrected chi connectivity index (χ0v) is 12.9. The summed E-state index contributed by atoms with van der Waals surface area (Å²) in [5.41, 5.74) is 4.80. The maximum Gasteiger partial charge on any atom is 0.255 e. The number of primary amides is 1. The third-order valence-electron chi connectivity index (χ3n) is 4.19. The number of nitrogens with zero attached hydrogens (tertiary/aromatic N) is 1. The summed E-state index contributed by atoms with van der Waals surface area (Å²) in [5, 5.41) is 10.2. The molecule has 0 aromatic heterocycles. The Kier molecular flexibility index (Phi) is 4.71. The molecule has 120 valence electrons. The van der Waals surface area contributed by atoms with E-state index in [1.165, 1.54) is 0 Å². The number of nitrogens with two attached hydrogens (primary N) is 1. The summed E-state index contributed by atoms with van der Waals surface area (Å²) in [7, 11) is 0. The first-order chi connectivity index (χ1) is 10.3. The Hall–Kier alpha value is -2.08. The Bertz CT molecular complexity index is 571. The first-order valence-corrected chi connectivity index (χ1v) is 7.32. The number of likely N-dealkylation sites (tertiary alicyclic amines) is 1. The predicted molar refractivity (Wildman–Crippen MR) is 81.4 cm³/mol. The minimum atomic E-state index is -0.733. The fourth-order valence-corrected chi connectivity index (χ4v) is 2.47. The van der Waals surface area contributed by atoms with Gasteiger partial charge < -0.3 is 20.5 Å². The van der Waals surface area contributed by atoms with Gasteiger partial charge in [0.25, 0.3) is 11.8 Å². The van der Waals surface area contributed by atoms with Gasteiger partial charge in [-0.1, -0.05) is 13.0 Å². The summed E-state index contributed by atoms with van der Waals surface area (Å²) in [4.78, 5) is 25.0. The van der Waals surface area contributed by atoms with Gasteiger partial charge in [0.05, 0.1) is 5.60 Å². The van der Waals surface area contributed by atoms with Gasteiger partial charge in [0.2, 0.25) is 0 Å². The molecule has 1 aliphatic heterocycles. The highest BCUT2D eigenvalue weighted by atomic mass is 16.5. The largest absolute Gasteiger partial charge is 0.484 e. The fourth-order valence-electron chi connectivity index (χ4n) is 2.47. The quantitative estimate of drug-likeness (QED) is 0.860. The molecule has 0 aliphatic carbocycles. The topological polar surface area (TPSA) is 92.9 Å². The number of benzene rings is 1. The van der Waals surface area contributed by atoms with E-state index < -0.39 is 11.5 Å². The molecule has 1 aliphatic rings. The molecule has 6 heteroatoms. The van der Waals surface area contributed by atoms with Gasteiger partial charge in [0, 0.05) is 24.6 Å². The molecule has 2 atom stereocenters. The van der Waals surface area contributed by atoms with Gasteiger partial charge in [0.15, 0.2) is 6.61 Å². The average Bonchev–Trinajstić information content (AvgIpc) is 2.47. The Morgan fingerprint density at radius 3 is 2.86 bits per heavy atom. The summed E-state index contributed by atoms with van der Waals surface area (Å²) in [6, 6.07) is 6.68. The molecule has 0 radical (unpaired) electrons. The van der Waals surface area contributed by atoms with Gasteiger partial charge in [0.1, 0.15) is 5.75 Å². The molecule has 0 saturated carbocycles. The molecule has 0 unspecified atom stereocenters. The minimum Gasteiger partial charge on any atom is -0.484 e. The Balaban J connectivity index is 2.06. The van der Waals surface area contributed by atoms with Crippen LogP contribution >= 0.6 is 0 Å². The lowest BCUT2D eigenvalue weighted by Crippen LogP contribution is -2.50. The van der Waals surface area contributed by atoms with Crippen LogP contribution in [-0.4, -0.2) is 47.1 Å². The molecule has 1 heterocycles. The molecule has 1 fully saturated rings. The highest BCUT2D eigenvalue weighted by molar-refractivity contribution is 5.94. The lowest BCUT2D eigenvalue weighted by molar-refractivity contribution is -0.119. The zero-order valence-electron chi connectivity index (χ0n) is 12.9. The molecular formula is C16H22N2O4. The van der Waals surface area contributed by atoms with Crippen molar-refractivity contribution < 1.29 is 19.4 Å². The maximum atomic E-state index is 12.5. The highest BCUT2D eigenvalue weighted by Crippen LogP contribution is 2.28. The van der Waals surface area contributed by atoms with Gasteiger partial charge in [-0.05, 0) is 31.5 Å². The van der Waals surface area contributed by atoms with Crippen LogP contribution in [0.5, 0.6) is 5.75 Å². The number of aliphatic hydroxyl groups is 1. The standard InChI is InChI=1S/C16H22N2O4/c1-11-9-18(7-6-16(11,2)21)15(20)12-4-3-5-13(8-12)22-10-14(17)19/h3-5,8,11,21H,6-7,9-10H2,1-2H3,(H2,17,19)/t11-,16+/m1/s1. The number of hydrogen-bond acceptors (Lipinski definition) is 4. The SMILES string of the molecule is C[C@@H]1CN(C(=O)c2cccc(OCC(N)=O)c2)CC[C@]1(C)O. The van der Waals surface area contributed by atoms with Crippen molar-refractivity contribution in [2.45, 2.75) is 25.9 Å². The molecule has 0 bridgehead atoms. The van der Waals surface area contributed by atoms with E-state index in [1.807, 2.05) is 6.92 Å². The third-order valence-corrected chi connectivity index (χ3v) is 4.19. The molecule has 2 amide bonds. The van der Waals surface area contributed by atoms with Crippen LogP contribution in [0.25, 0.3) is 0 Å². The number of piperidine rings is 1. The van der Waals surface area contributed by atoms with Gasteiger partial charge in [-0.3, -0.25) is 9.59 Å². The zero-order chi connectivity index (χ0) is 16.3. The van der Waals surface area contributed by atoms with Gasteiger partial charge in [-0.2, -0.15) is 0 Å². The van der Waals surface area contributed by atoms with Crippen molar-refractivity contribution in [2.75, 3.05) is 19.7 Å². The van der Waals surface area contributed by atoms with Crippen molar-refractivity contribution >= 4 is 11.8 Å². The molecule has 22 heavy (non-hydrogen) atoms. The molecule has 1 saturated heterocycles. The number of carbonyl (C=O) groups excluding carboxylic acids is 2. The molecule has 6 nitrogen and oxygen atoms in total. The number of hydrogen-bond donors (Lipinski definition) is 2. The van der Waals surface area contributed by atoms with Gasteiger partial charge in [-0.25, -0.2) is 0 Å². The van der Waals surface area contributed by atoms with Crippen LogP contribution in [0.4, 0.5) is 0 Å². The summed E-state index contributed by atoms with van der Waals surface area (Å²) in [5.74, 6) is -0.225. The van der Waals surface area contributed by atoms with Crippen LogP contribution < -0.4 is 10.5 Å². The van der Waals surface area contributed by atoms with Crippen molar-refractivity contribution in [1.82, 2.24) is 4.90 Å². The monoisotopic (exact) mass is 306 g/mol. The van der Waals surface area contributed by atoms with E-state index in [-0.39, 0.29) is 18.4 Å². The molecule has 3 N–H and O–H groups in total. The van der Waals surface area contributed by atoms with Crippen LogP contribution in [-0.2, 0) is 4.79 Å². The molecule has 1 aromatic carbocycles. The number of carbonyl (C=O) groups is 2. The maximum absolute atomic E-state index is 12.5. The van der Waals surface area contributed by atoms with Crippen LogP contribution in [0.2, 0.25) is 0 Å². The van der Waals surface area contributed by atoms with Crippen LogP contribution in [0.15, 0.2) is 24.3 Å². The molecule has 0 spiro atoms. The fraction of sp³-hybridized carbons (Fsp3) is 0.500. The molecular weight excluding hydrogens is 284 g/mol. The second-order valence-corrected chi connectivity index (χ2v) is 6.04. The summed E-state index contributed by atoms with van der Waals surface area (Å²) < 4.78 is 5.21. The van der Waals surface area contributed by atoms with E-state index in [9.17, 15) is 14.7 Å². The van der Waals surface area contributed by atoms with E-state index in [2.05, 4.69) is 0 Å². The average molecular weight is 306 g/mol.